The quantitative estimate of drug-likeness (QED) is 0.651. The van der Waals surface area contributed by atoms with E-state index >= 15 is 0 Å². The number of anilines is 1. The molecule has 1 heterocycles. The van der Waals surface area contributed by atoms with Crippen LogP contribution in [-0.2, 0) is 6.61 Å². The van der Waals surface area contributed by atoms with Crippen molar-refractivity contribution in [3.63, 3.8) is 0 Å². The van der Waals surface area contributed by atoms with Gasteiger partial charge < -0.3 is 10.1 Å². The van der Waals surface area contributed by atoms with Gasteiger partial charge in [0.1, 0.15) is 18.2 Å². The van der Waals surface area contributed by atoms with E-state index in [-0.39, 0.29) is 5.69 Å². The Hall–Kier alpha value is -2.63. The van der Waals surface area contributed by atoms with Crippen molar-refractivity contribution in [1.29, 1.82) is 0 Å². The first-order valence-corrected chi connectivity index (χ1v) is 6.67. The molecule has 0 fully saturated rings. The van der Waals surface area contributed by atoms with Crippen LogP contribution in [0, 0.1) is 17.0 Å². The van der Waals surface area contributed by atoms with Crippen molar-refractivity contribution < 1.29 is 9.66 Å². The van der Waals surface area contributed by atoms with Crippen molar-refractivity contribution in [2.75, 3.05) is 11.9 Å². The molecule has 21 heavy (non-hydrogen) atoms. The Balaban J connectivity index is 2.06. The van der Waals surface area contributed by atoms with E-state index in [9.17, 15) is 10.1 Å². The van der Waals surface area contributed by atoms with E-state index in [1.165, 1.54) is 6.07 Å². The second-order valence-corrected chi connectivity index (χ2v) is 4.53. The Morgan fingerprint density at radius 2 is 2.14 bits per heavy atom. The van der Waals surface area contributed by atoms with Crippen LogP contribution in [0.1, 0.15) is 18.1 Å². The number of hydrogen-bond acceptors (Lipinski definition) is 5. The zero-order valence-electron chi connectivity index (χ0n) is 12.0. The molecule has 1 aromatic heterocycles. The van der Waals surface area contributed by atoms with Crippen LogP contribution in [0.5, 0.6) is 5.75 Å². The van der Waals surface area contributed by atoms with E-state index in [1.807, 2.05) is 19.1 Å². The number of nitro benzene ring substituents is 1. The topological polar surface area (TPSA) is 77.3 Å². The summed E-state index contributed by atoms with van der Waals surface area (Å²) in [6, 6.07) is 8.60. The first-order valence-electron chi connectivity index (χ1n) is 6.67. The van der Waals surface area contributed by atoms with Crippen molar-refractivity contribution in [3.05, 3.63) is 57.8 Å². The van der Waals surface area contributed by atoms with Gasteiger partial charge in [-0.15, -0.1) is 0 Å². The van der Waals surface area contributed by atoms with Crippen LogP contribution in [0.4, 0.5) is 11.5 Å². The molecule has 0 radical (unpaired) electrons. The Morgan fingerprint density at radius 1 is 1.33 bits per heavy atom. The molecule has 0 aliphatic carbocycles. The lowest BCUT2D eigenvalue weighted by Crippen LogP contribution is -2.02. The van der Waals surface area contributed by atoms with Crippen LogP contribution in [0.25, 0.3) is 0 Å². The van der Waals surface area contributed by atoms with Crippen molar-refractivity contribution in [3.8, 4) is 5.75 Å². The minimum atomic E-state index is -0.408. The predicted octanol–water partition coefficient (Wildman–Crippen LogP) is 3.31. The van der Waals surface area contributed by atoms with Crippen molar-refractivity contribution in [2.24, 2.45) is 0 Å². The number of ether oxygens (including phenoxy) is 1. The second-order valence-electron chi connectivity index (χ2n) is 4.53. The van der Waals surface area contributed by atoms with E-state index in [0.717, 1.165) is 17.9 Å². The summed E-state index contributed by atoms with van der Waals surface area (Å²) in [5.74, 6) is 1.33. The van der Waals surface area contributed by atoms with Crippen LogP contribution in [-0.4, -0.2) is 16.5 Å². The molecule has 1 N–H and O–H groups in total. The third-order valence-electron chi connectivity index (χ3n) is 3.03. The molecule has 0 bridgehead atoms. The summed E-state index contributed by atoms with van der Waals surface area (Å²) in [6.45, 7) is 4.82. The normalized spacial score (nSPS) is 10.2. The molecule has 0 aliphatic heterocycles. The molecule has 0 saturated heterocycles. The third-order valence-corrected chi connectivity index (χ3v) is 3.03. The van der Waals surface area contributed by atoms with Crippen molar-refractivity contribution >= 4 is 11.5 Å². The molecule has 6 nitrogen and oxygen atoms in total. The molecular weight excluding hydrogens is 270 g/mol. The molecule has 2 aromatic rings. The predicted molar refractivity (Wildman–Crippen MR) is 80.6 cm³/mol. The van der Waals surface area contributed by atoms with Gasteiger partial charge in [-0.2, -0.15) is 0 Å². The highest BCUT2D eigenvalue weighted by Gasteiger charge is 2.14. The van der Waals surface area contributed by atoms with Gasteiger partial charge in [0, 0.05) is 24.4 Å². The maximum Gasteiger partial charge on any atom is 0.276 e. The highest BCUT2D eigenvalue weighted by molar-refractivity contribution is 5.48. The molecule has 110 valence electrons. The number of pyridine rings is 1. The number of rotatable bonds is 6. The largest absolute Gasteiger partial charge is 0.488 e. The Labute approximate surface area is 122 Å². The van der Waals surface area contributed by atoms with E-state index in [2.05, 4.69) is 10.3 Å². The van der Waals surface area contributed by atoms with E-state index in [4.69, 9.17) is 4.74 Å². The highest BCUT2D eigenvalue weighted by Crippen LogP contribution is 2.27. The van der Waals surface area contributed by atoms with Gasteiger partial charge in [-0.3, -0.25) is 10.1 Å². The second kappa shape index (κ2) is 6.69. The van der Waals surface area contributed by atoms with Crippen LogP contribution < -0.4 is 10.1 Å². The first-order chi connectivity index (χ1) is 10.1. The number of nitrogens with zero attached hydrogens (tertiary/aromatic N) is 2. The monoisotopic (exact) mass is 287 g/mol. The number of hydrogen-bond donors (Lipinski definition) is 1. The van der Waals surface area contributed by atoms with Gasteiger partial charge in [-0.1, -0.05) is 12.1 Å². The number of nitrogens with one attached hydrogen (secondary N) is 1. The summed E-state index contributed by atoms with van der Waals surface area (Å²) in [5, 5.41) is 14.0. The zero-order chi connectivity index (χ0) is 15.2. The lowest BCUT2D eigenvalue weighted by Gasteiger charge is -2.09. The fraction of sp³-hybridized carbons (Fsp3) is 0.267. The maximum absolute atomic E-state index is 10.9. The minimum absolute atomic E-state index is 0.0631. The number of benzene rings is 1. The highest BCUT2D eigenvalue weighted by atomic mass is 16.6. The molecule has 0 spiro atoms. The smallest absolute Gasteiger partial charge is 0.276 e. The van der Waals surface area contributed by atoms with Gasteiger partial charge in [0.25, 0.3) is 5.69 Å². The van der Waals surface area contributed by atoms with Gasteiger partial charge in [-0.05, 0) is 26.0 Å². The maximum atomic E-state index is 10.9. The van der Waals surface area contributed by atoms with E-state index in [0.29, 0.717) is 17.9 Å². The minimum Gasteiger partial charge on any atom is -0.488 e. The average molecular weight is 287 g/mol. The van der Waals surface area contributed by atoms with E-state index in [1.54, 1.807) is 25.3 Å². The van der Waals surface area contributed by atoms with Gasteiger partial charge >= 0.3 is 0 Å². The SMILES string of the molecule is CCNc1ccc(COc2cccc([N+](=O)[O-])c2C)cn1. The van der Waals surface area contributed by atoms with Crippen LogP contribution in [0.15, 0.2) is 36.5 Å². The Kier molecular flexibility index (Phi) is 4.71. The summed E-state index contributed by atoms with van der Waals surface area (Å²) < 4.78 is 5.65. The first kappa shape index (κ1) is 14.8. The summed E-state index contributed by atoms with van der Waals surface area (Å²) in [4.78, 5) is 14.7. The lowest BCUT2D eigenvalue weighted by atomic mass is 10.2. The van der Waals surface area contributed by atoms with Gasteiger partial charge in [-0.25, -0.2) is 4.98 Å². The zero-order valence-corrected chi connectivity index (χ0v) is 12.0. The number of aromatic nitrogens is 1. The molecule has 1 aromatic carbocycles. The number of nitro groups is 1. The van der Waals surface area contributed by atoms with Crippen LogP contribution in [0.3, 0.4) is 0 Å². The fourth-order valence-corrected chi connectivity index (χ4v) is 1.91. The molecule has 0 atom stereocenters. The molecule has 0 saturated carbocycles. The summed E-state index contributed by atoms with van der Waals surface area (Å²) >= 11 is 0. The van der Waals surface area contributed by atoms with E-state index < -0.39 is 4.92 Å². The molecule has 0 amide bonds. The van der Waals surface area contributed by atoms with Crippen LogP contribution >= 0.6 is 0 Å². The fourth-order valence-electron chi connectivity index (χ4n) is 1.91. The van der Waals surface area contributed by atoms with Crippen molar-refractivity contribution in [2.45, 2.75) is 20.5 Å². The average Bonchev–Trinajstić information content (AvgIpc) is 2.48. The Morgan fingerprint density at radius 3 is 2.76 bits per heavy atom. The third kappa shape index (κ3) is 3.68. The van der Waals surface area contributed by atoms with Gasteiger partial charge in [0.2, 0.25) is 0 Å². The lowest BCUT2D eigenvalue weighted by molar-refractivity contribution is -0.385. The Bertz CT molecular complexity index is 627. The summed E-state index contributed by atoms with van der Waals surface area (Å²) in [6.07, 6.45) is 1.73. The van der Waals surface area contributed by atoms with Crippen LogP contribution in [0.2, 0.25) is 0 Å². The standard InChI is InChI=1S/C15H17N3O3/c1-3-16-15-8-7-12(9-17-15)10-21-14-6-4-5-13(11(14)2)18(19)20/h4-9H,3,10H2,1-2H3,(H,16,17). The molecular formula is C15H17N3O3. The molecule has 0 unspecified atom stereocenters. The molecule has 2 rings (SSSR count). The van der Waals surface area contributed by atoms with Gasteiger partial charge in [0.15, 0.2) is 0 Å². The molecule has 6 heteroatoms. The molecule has 0 aliphatic rings. The van der Waals surface area contributed by atoms with Crippen molar-refractivity contribution in [1.82, 2.24) is 4.98 Å². The summed E-state index contributed by atoms with van der Waals surface area (Å²) in [5.41, 5.74) is 1.50. The summed E-state index contributed by atoms with van der Waals surface area (Å²) in [7, 11) is 0. The van der Waals surface area contributed by atoms with Gasteiger partial charge in [0.05, 0.1) is 10.5 Å².